The summed E-state index contributed by atoms with van der Waals surface area (Å²) in [5.74, 6) is 0.766. The maximum Gasteiger partial charge on any atom is 0.130 e. The molecule has 3 rings (SSSR count). The molecule has 0 saturated heterocycles. The molecule has 5 heteroatoms. The predicted molar refractivity (Wildman–Crippen MR) is 107 cm³/mol. The molecule has 132 valence electrons. The maximum absolute atomic E-state index is 7.68. The van der Waals surface area contributed by atoms with E-state index < -0.39 is 0 Å². The van der Waals surface area contributed by atoms with Crippen LogP contribution in [-0.4, -0.2) is 16.2 Å². The number of nitrogens with one attached hydrogen (secondary N) is 2. The molecule has 4 N–H and O–H groups in total. The number of nitrogens with two attached hydrogens (primary N) is 1. The summed E-state index contributed by atoms with van der Waals surface area (Å²) < 4.78 is 0. The molecule has 0 spiro atoms. The zero-order valence-electron chi connectivity index (χ0n) is 15.0. The van der Waals surface area contributed by atoms with E-state index in [2.05, 4.69) is 22.2 Å². The van der Waals surface area contributed by atoms with Crippen LogP contribution < -0.4 is 11.1 Å². The fourth-order valence-corrected chi connectivity index (χ4v) is 2.70. The first-order valence-corrected chi connectivity index (χ1v) is 8.71. The fraction of sp³-hybridized carbons (Fsp3) is 0.190. The van der Waals surface area contributed by atoms with Crippen molar-refractivity contribution in [1.29, 1.82) is 5.41 Å². The highest BCUT2D eigenvalue weighted by molar-refractivity contribution is 5.89. The van der Waals surface area contributed by atoms with Gasteiger partial charge in [0.1, 0.15) is 5.82 Å². The largest absolute Gasteiger partial charge is 0.340 e. The van der Waals surface area contributed by atoms with E-state index in [-0.39, 0.29) is 6.04 Å². The van der Waals surface area contributed by atoms with Crippen LogP contribution in [0, 0.1) is 5.41 Å². The molecular formula is C21H23N5. The number of aryl methyl sites for hydroxylation is 1. The van der Waals surface area contributed by atoms with Gasteiger partial charge in [-0.15, -0.1) is 0 Å². The van der Waals surface area contributed by atoms with Crippen molar-refractivity contribution in [2.24, 2.45) is 5.73 Å². The minimum Gasteiger partial charge on any atom is -0.340 e. The van der Waals surface area contributed by atoms with Crippen LogP contribution in [0.1, 0.15) is 36.8 Å². The molecule has 0 bridgehead atoms. The lowest BCUT2D eigenvalue weighted by Crippen LogP contribution is -2.07. The van der Waals surface area contributed by atoms with Gasteiger partial charge in [-0.05, 0) is 43.7 Å². The first-order valence-electron chi connectivity index (χ1n) is 8.71. The van der Waals surface area contributed by atoms with E-state index in [1.54, 1.807) is 0 Å². The minimum atomic E-state index is -0.116. The lowest BCUT2D eigenvalue weighted by atomic mass is 10.1. The van der Waals surface area contributed by atoms with Crippen LogP contribution in [0.25, 0.3) is 11.3 Å². The lowest BCUT2D eigenvalue weighted by molar-refractivity contribution is 0.782. The SMILES string of the molecule is CCc1cccc(Nc2cc(-c3cccc(C(C)N)n3)ccc2C=N)n1. The second-order valence-electron chi connectivity index (χ2n) is 6.18. The molecule has 0 radical (unpaired) electrons. The van der Waals surface area contributed by atoms with Crippen molar-refractivity contribution < 1.29 is 0 Å². The Hall–Kier alpha value is -3.05. The molecule has 1 unspecified atom stereocenters. The molecule has 0 aliphatic rings. The number of hydrogen-bond acceptors (Lipinski definition) is 5. The van der Waals surface area contributed by atoms with Gasteiger partial charge in [0, 0.05) is 34.8 Å². The van der Waals surface area contributed by atoms with E-state index in [4.69, 9.17) is 11.1 Å². The third-order valence-corrected chi connectivity index (χ3v) is 4.17. The molecule has 1 atom stereocenters. The Labute approximate surface area is 153 Å². The first-order chi connectivity index (χ1) is 12.6. The minimum absolute atomic E-state index is 0.116. The number of benzene rings is 1. The summed E-state index contributed by atoms with van der Waals surface area (Å²) in [4.78, 5) is 9.23. The molecule has 2 heterocycles. The first kappa shape index (κ1) is 17.8. The average molecular weight is 345 g/mol. The van der Waals surface area contributed by atoms with Crippen LogP contribution in [0.3, 0.4) is 0 Å². The Morgan fingerprint density at radius 1 is 1.12 bits per heavy atom. The Bertz CT molecular complexity index is 918. The van der Waals surface area contributed by atoms with Crippen molar-refractivity contribution >= 4 is 17.7 Å². The number of rotatable bonds is 6. The molecule has 2 aromatic heterocycles. The van der Waals surface area contributed by atoms with Crippen LogP contribution in [0.4, 0.5) is 11.5 Å². The summed E-state index contributed by atoms with van der Waals surface area (Å²) >= 11 is 0. The van der Waals surface area contributed by atoms with E-state index in [0.717, 1.165) is 46.1 Å². The van der Waals surface area contributed by atoms with E-state index in [1.807, 2.05) is 61.5 Å². The number of hydrogen-bond donors (Lipinski definition) is 3. The normalized spacial score (nSPS) is 11.8. The van der Waals surface area contributed by atoms with Gasteiger partial charge in [0.15, 0.2) is 0 Å². The second kappa shape index (κ2) is 7.89. The Kier molecular flexibility index (Phi) is 5.39. The number of pyridine rings is 2. The second-order valence-corrected chi connectivity index (χ2v) is 6.18. The van der Waals surface area contributed by atoms with E-state index in [0.29, 0.717) is 0 Å². The molecule has 0 saturated carbocycles. The van der Waals surface area contributed by atoms with Gasteiger partial charge in [-0.1, -0.05) is 31.2 Å². The topological polar surface area (TPSA) is 87.7 Å². The molecule has 0 aliphatic carbocycles. The Morgan fingerprint density at radius 2 is 1.92 bits per heavy atom. The standard InChI is InChI=1S/C21H23N5/c1-3-17-6-4-9-21(24-17)26-20-12-15(10-11-16(20)13-22)19-8-5-7-18(25-19)14(2)23/h4-14,22H,3,23H2,1-2H3,(H,24,26). The summed E-state index contributed by atoms with van der Waals surface area (Å²) in [5.41, 5.74) is 11.3. The third kappa shape index (κ3) is 3.95. The van der Waals surface area contributed by atoms with E-state index in [1.165, 1.54) is 6.21 Å². The van der Waals surface area contributed by atoms with Gasteiger partial charge >= 0.3 is 0 Å². The molecule has 0 aliphatic heterocycles. The highest BCUT2D eigenvalue weighted by Crippen LogP contribution is 2.26. The molecule has 3 aromatic rings. The van der Waals surface area contributed by atoms with Gasteiger partial charge in [-0.2, -0.15) is 0 Å². The highest BCUT2D eigenvalue weighted by Gasteiger charge is 2.08. The van der Waals surface area contributed by atoms with Gasteiger partial charge in [0.25, 0.3) is 0 Å². The predicted octanol–water partition coefficient (Wildman–Crippen LogP) is 4.47. The zero-order valence-corrected chi connectivity index (χ0v) is 15.0. The number of anilines is 2. The number of nitrogens with zero attached hydrogens (tertiary/aromatic N) is 2. The Balaban J connectivity index is 1.98. The number of aromatic nitrogens is 2. The van der Waals surface area contributed by atoms with Gasteiger partial charge in [0.2, 0.25) is 0 Å². The van der Waals surface area contributed by atoms with Crippen LogP contribution >= 0.6 is 0 Å². The van der Waals surface area contributed by atoms with Crippen LogP contribution in [0.15, 0.2) is 54.6 Å². The summed E-state index contributed by atoms with van der Waals surface area (Å²) in [5, 5.41) is 11.0. The monoisotopic (exact) mass is 345 g/mol. The average Bonchev–Trinajstić information content (AvgIpc) is 2.68. The van der Waals surface area contributed by atoms with Crippen molar-refractivity contribution in [3.63, 3.8) is 0 Å². The molecule has 5 nitrogen and oxygen atoms in total. The fourth-order valence-electron chi connectivity index (χ4n) is 2.70. The zero-order chi connectivity index (χ0) is 18.5. The highest BCUT2D eigenvalue weighted by atomic mass is 15.0. The quantitative estimate of drug-likeness (QED) is 0.575. The van der Waals surface area contributed by atoms with Crippen LogP contribution in [0.2, 0.25) is 0 Å². The van der Waals surface area contributed by atoms with Gasteiger partial charge < -0.3 is 16.5 Å². The van der Waals surface area contributed by atoms with Gasteiger partial charge in [0.05, 0.1) is 11.4 Å². The Morgan fingerprint density at radius 3 is 2.65 bits per heavy atom. The molecule has 0 fully saturated rings. The smallest absolute Gasteiger partial charge is 0.130 e. The van der Waals surface area contributed by atoms with Crippen molar-refractivity contribution in [3.8, 4) is 11.3 Å². The summed E-state index contributed by atoms with van der Waals surface area (Å²) in [6.07, 6.45) is 2.21. The third-order valence-electron chi connectivity index (χ3n) is 4.17. The molecule has 0 amide bonds. The summed E-state index contributed by atoms with van der Waals surface area (Å²) in [6, 6.07) is 17.5. The van der Waals surface area contributed by atoms with Crippen LogP contribution in [-0.2, 0) is 6.42 Å². The van der Waals surface area contributed by atoms with Gasteiger partial charge in [-0.3, -0.25) is 4.98 Å². The summed E-state index contributed by atoms with van der Waals surface area (Å²) in [7, 11) is 0. The summed E-state index contributed by atoms with van der Waals surface area (Å²) in [6.45, 7) is 4.00. The van der Waals surface area contributed by atoms with Crippen molar-refractivity contribution in [1.82, 2.24) is 9.97 Å². The molecule has 1 aromatic carbocycles. The molecular weight excluding hydrogens is 322 g/mol. The van der Waals surface area contributed by atoms with E-state index in [9.17, 15) is 0 Å². The van der Waals surface area contributed by atoms with Gasteiger partial charge in [-0.25, -0.2) is 4.98 Å². The van der Waals surface area contributed by atoms with Crippen molar-refractivity contribution in [2.75, 3.05) is 5.32 Å². The van der Waals surface area contributed by atoms with Crippen LogP contribution in [0.5, 0.6) is 0 Å². The van der Waals surface area contributed by atoms with E-state index >= 15 is 0 Å². The lowest BCUT2D eigenvalue weighted by Gasteiger charge is -2.13. The maximum atomic E-state index is 7.68. The van der Waals surface area contributed by atoms with Crippen molar-refractivity contribution in [2.45, 2.75) is 26.3 Å². The van der Waals surface area contributed by atoms with Crippen molar-refractivity contribution in [3.05, 3.63) is 71.5 Å². The molecule has 26 heavy (non-hydrogen) atoms.